The first-order valence-electron chi connectivity index (χ1n) is 6.57. The minimum atomic E-state index is 0.0599. The van der Waals surface area contributed by atoms with Crippen LogP contribution in [0.5, 0.6) is 11.5 Å². The van der Waals surface area contributed by atoms with E-state index in [4.69, 9.17) is 19.9 Å². The Bertz CT molecular complexity index is 416. The third-order valence-corrected chi connectivity index (χ3v) is 3.72. The van der Waals surface area contributed by atoms with Crippen molar-refractivity contribution in [2.24, 2.45) is 11.7 Å². The van der Waals surface area contributed by atoms with Crippen LogP contribution in [0.2, 0.25) is 0 Å². The van der Waals surface area contributed by atoms with Gasteiger partial charge in [0.1, 0.15) is 13.2 Å². The van der Waals surface area contributed by atoms with Crippen molar-refractivity contribution in [2.45, 2.75) is 18.9 Å². The lowest BCUT2D eigenvalue weighted by atomic mass is 9.87. The summed E-state index contributed by atoms with van der Waals surface area (Å²) in [7, 11) is 0. The molecule has 1 aromatic rings. The fraction of sp³-hybridized carbons (Fsp3) is 0.571. The van der Waals surface area contributed by atoms with Gasteiger partial charge in [-0.3, -0.25) is 0 Å². The third kappa shape index (κ3) is 2.31. The number of ether oxygens (including phenoxy) is 3. The number of fused-ring (bicyclic) bond motifs is 1. The van der Waals surface area contributed by atoms with Gasteiger partial charge in [0.15, 0.2) is 11.5 Å². The highest BCUT2D eigenvalue weighted by molar-refractivity contribution is 5.44. The van der Waals surface area contributed by atoms with Crippen LogP contribution in [0.4, 0.5) is 0 Å². The highest BCUT2D eigenvalue weighted by Crippen LogP contribution is 2.35. The highest BCUT2D eigenvalue weighted by Gasteiger charge is 2.23. The van der Waals surface area contributed by atoms with Gasteiger partial charge in [0.05, 0.1) is 0 Å². The molecule has 2 aliphatic rings. The van der Waals surface area contributed by atoms with Crippen molar-refractivity contribution in [3.05, 3.63) is 23.8 Å². The Morgan fingerprint density at radius 1 is 1.00 bits per heavy atom. The molecule has 2 heterocycles. The van der Waals surface area contributed by atoms with Crippen molar-refractivity contribution < 1.29 is 14.2 Å². The molecule has 0 amide bonds. The zero-order valence-electron chi connectivity index (χ0n) is 10.4. The van der Waals surface area contributed by atoms with Gasteiger partial charge < -0.3 is 19.9 Å². The van der Waals surface area contributed by atoms with Crippen LogP contribution in [0.1, 0.15) is 24.4 Å². The van der Waals surface area contributed by atoms with E-state index in [2.05, 4.69) is 0 Å². The van der Waals surface area contributed by atoms with Gasteiger partial charge in [-0.1, -0.05) is 6.07 Å². The molecule has 2 N–H and O–H groups in total. The molecule has 0 saturated carbocycles. The average Bonchev–Trinajstić information content (AvgIpc) is 2.47. The molecule has 0 radical (unpaired) electrons. The number of rotatable bonds is 2. The molecular weight excluding hydrogens is 230 g/mol. The van der Waals surface area contributed by atoms with Crippen molar-refractivity contribution in [3.63, 3.8) is 0 Å². The van der Waals surface area contributed by atoms with Crippen LogP contribution in [0.25, 0.3) is 0 Å². The molecule has 1 atom stereocenters. The second kappa shape index (κ2) is 5.16. The van der Waals surface area contributed by atoms with E-state index >= 15 is 0 Å². The summed E-state index contributed by atoms with van der Waals surface area (Å²) >= 11 is 0. The first-order valence-corrected chi connectivity index (χ1v) is 6.57. The zero-order valence-corrected chi connectivity index (χ0v) is 10.4. The lowest BCUT2D eigenvalue weighted by Crippen LogP contribution is -2.27. The topological polar surface area (TPSA) is 53.7 Å². The molecule has 2 aliphatic heterocycles. The maximum absolute atomic E-state index is 6.35. The quantitative estimate of drug-likeness (QED) is 0.869. The molecule has 1 saturated heterocycles. The minimum absolute atomic E-state index is 0.0599. The Morgan fingerprint density at radius 3 is 2.50 bits per heavy atom. The van der Waals surface area contributed by atoms with E-state index in [-0.39, 0.29) is 6.04 Å². The molecule has 1 fully saturated rings. The highest BCUT2D eigenvalue weighted by atomic mass is 16.6. The second-order valence-electron chi connectivity index (χ2n) is 4.88. The Morgan fingerprint density at radius 2 is 1.72 bits per heavy atom. The monoisotopic (exact) mass is 249 g/mol. The molecular formula is C14H19NO3. The van der Waals surface area contributed by atoms with Crippen LogP contribution in [0, 0.1) is 5.92 Å². The lowest BCUT2D eigenvalue weighted by Gasteiger charge is -2.28. The molecule has 4 nitrogen and oxygen atoms in total. The Kier molecular flexibility index (Phi) is 3.39. The summed E-state index contributed by atoms with van der Waals surface area (Å²) in [5, 5.41) is 0. The summed E-state index contributed by atoms with van der Waals surface area (Å²) in [5.41, 5.74) is 7.48. The van der Waals surface area contributed by atoms with Crippen LogP contribution >= 0.6 is 0 Å². The number of nitrogens with two attached hydrogens (primary N) is 1. The van der Waals surface area contributed by atoms with Gasteiger partial charge in [-0.2, -0.15) is 0 Å². The van der Waals surface area contributed by atoms with Crippen molar-refractivity contribution in [2.75, 3.05) is 26.4 Å². The van der Waals surface area contributed by atoms with Gasteiger partial charge in [-0.15, -0.1) is 0 Å². The Hall–Kier alpha value is -1.26. The van der Waals surface area contributed by atoms with Crippen molar-refractivity contribution in [1.29, 1.82) is 0 Å². The van der Waals surface area contributed by atoms with E-state index in [0.717, 1.165) is 43.1 Å². The van der Waals surface area contributed by atoms with Gasteiger partial charge in [0.2, 0.25) is 0 Å². The van der Waals surface area contributed by atoms with Gasteiger partial charge in [-0.25, -0.2) is 0 Å². The summed E-state index contributed by atoms with van der Waals surface area (Å²) < 4.78 is 16.5. The van der Waals surface area contributed by atoms with Crippen molar-refractivity contribution in [3.8, 4) is 11.5 Å². The first-order chi connectivity index (χ1) is 8.84. The van der Waals surface area contributed by atoms with Crippen LogP contribution in [-0.4, -0.2) is 26.4 Å². The van der Waals surface area contributed by atoms with E-state index in [1.165, 1.54) is 0 Å². The first kappa shape index (κ1) is 11.8. The molecule has 3 rings (SSSR count). The van der Waals surface area contributed by atoms with Crippen LogP contribution in [-0.2, 0) is 4.74 Å². The molecule has 98 valence electrons. The summed E-state index contributed by atoms with van der Waals surface area (Å²) in [6.07, 6.45) is 2.07. The molecule has 0 aromatic heterocycles. The van der Waals surface area contributed by atoms with Gasteiger partial charge in [0, 0.05) is 19.3 Å². The van der Waals surface area contributed by atoms with E-state index < -0.39 is 0 Å². The average molecular weight is 249 g/mol. The van der Waals surface area contributed by atoms with Gasteiger partial charge >= 0.3 is 0 Å². The van der Waals surface area contributed by atoms with E-state index in [1.807, 2.05) is 18.2 Å². The predicted molar refractivity (Wildman–Crippen MR) is 67.9 cm³/mol. The number of hydrogen-bond donors (Lipinski definition) is 1. The SMILES string of the molecule is NC(c1ccc2c(c1)OCCO2)C1CCOCC1. The Balaban J connectivity index is 1.78. The molecule has 0 aliphatic carbocycles. The molecule has 18 heavy (non-hydrogen) atoms. The predicted octanol–water partition coefficient (Wildman–Crippen LogP) is 1.88. The molecule has 0 spiro atoms. The minimum Gasteiger partial charge on any atom is -0.486 e. The van der Waals surface area contributed by atoms with E-state index in [0.29, 0.717) is 19.1 Å². The van der Waals surface area contributed by atoms with Gasteiger partial charge in [0.25, 0.3) is 0 Å². The maximum atomic E-state index is 6.35. The molecule has 1 aromatic carbocycles. The van der Waals surface area contributed by atoms with Crippen LogP contribution in [0.3, 0.4) is 0 Å². The number of benzene rings is 1. The summed E-state index contributed by atoms with van der Waals surface area (Å²) in [6.45, 7) is 2.88. The zero-order chi connectivity index (χ0) is 12.4. The van der Waals surface area contributed by atoms with Crippen LogP contribution in [0.15, 0.2) is 18.2 Å². The lowest BCUT2D eigenvalue weighted by molar-refractivity contribution is 0.0583. The summed E-state index contributed by atoms with van der Waals surface area (Å²) in [6, 6.07) is 6.09. The third-order valence-electron chi connectivity index (χ3n) is 3.72. The standard InChI is InChI=1S/C14H19NO3/c15-14(10-3-5-16-6-4-10)11-1-2-12-13(9-11)18-8-7-17-12/h1-2,9-10,14H,3-8,15H2. The molecule has 0 bridgehead atoms. The maximum Gasteiger partial charge on any atom is 0.161 e. The smallest absolute Gasteiger partial charge is 0.161 e. The van der Waals surface area contributed by atoms with Crippen molar-refractivity contribution in [1.82, 2.24) is 0 Å². The molecule has 1 unspecified atom stereocenters. The molecule has 4 heteroatoms. The number of hydrogen-bond acceptors (Lipinski definition) is 4. The van der Waals surface area contributed by atoms with E-state index in [9.17, 15) is 0 Å². The van der Waals surface area contributed by atoms with E-state index in [1.54, 1.807) is 0 Å². The van der Waals surface area contributed by atoms with Crippen LogP contribution < -0.4 is 15.2 Å². The summed E-state index contributed by atoms with van der Waals surface area (Å²) in [5.74, 6) is 2.15. The largest absolute Gasteiger partial charge is 0.486 e. The Labute approximate surface area is 107 Å². The van der Waals surface area contributed by atoms with Gasteiger partial charge in [-0.05, 0) is 36.5 Å². The second-order valence-corrected chi connectivity index (χ2v) is 4.88. The summed E-state index contributed by atoms with van der Waals surface area (Å²) in [4.78, 5) is 0. The van der Waals surface area contributed by atoms with Crippen molar-refractivity contribution >= 4 is 0 Å². The fourth-order valence-corrected chi connectivity index (χ4v) is 2.61. The fourth-order valence-electron chi connectivity index (χ4n) is 2.61. The normalized spacial score (nSPS) is 21.6.